The summed E-state index contributed by atoms with van der Waals surface area (Å²) in [5.41, 5.74) is -0.477. The Morgan fingerprint density at radius 2 is 1.18 bits per heavy atom. The van der Waals surface area contributed by atoms with Gasteiger partial charge in [-0.1, -0.05) is 0 Å². The van der Waals surface area contributed by atoms with E-state index in [1.54, 1.807) is 18.3 Å². The molecule has 0 aliphatic heterocycles. The molecule has 2 aliphatic carbocycles. The number of imidazole rings is 2. The minimum absolute atomic E-state index is 0. The molecule has 2 N–H and O–H groups in total. The summed E-state index contributed by atoms with van der Waals surface area (Å²) >= 11 is 0. The quantitative estimate of drug-likeness (QED) is 0.137. The summed E-state index contributed by atoms with van der Waals surface area (Å²) in [5, 5.41) is 9.32. The second-order valence-electron chi connectivity index (χ2n) is 11.7. The average molecular weight is 727 g/mol. The Morgan fingerprint density at radius 3 is 1.51 bits per heavy atom. The van der Waals surface area contributed by atoms with Crippen LogP contribution in [0.2, 0.25) is 0 Å². The van der Waals surface area contributed by atoms with Crippen LogP contribution in [0.5, 0.6) is 0 Å². The molecular formula is C33H25F6N4NaO7. The number of alkyl halides is 6. The van der Waals surface area contributed by atoms with Crippen molar-refractivity contribution in [1.29, 1.82) is 0 Å². The number of aromatic nitrogens is 4. The van der Waals surface area contributed by atoms with Crippen LogP contribution in [0.25, 0.3) is 33.5 Å². The third-order valence-corrected chi connectivity index (χ3v) is 8.34. The zero-order valence-corrected chi connectivity index (χ0v) is 28.7. The first-order chi connectivity index (χ1) is 23.3. The van der Waals surface area contributed by atoms with E-state index in [4.69, 9.17) is 13.6 Å². The van der Waals surface area contributed by atoms with E-state index in [9.17, 15) is 41.0 Å². The molecule has 18 heteroatoms. The monoisotopic (exact) mass is 726 g/mol. The zero-order valence-electron chi connectivity index (χ0n) is 26.7. The van der Waals surface area contributed by atoms with E-state index in [-0.39, 0.29) is 69.6 Å². The number of methoxy groups -OCH3 is 1. The van der Waals surface area contributed by atoms with Gasteiger partial charge in [-0.25, -0.2) is 19.6 Å². The predicted octanol–water partition coefficient (Wildman–Crippen LogP) is 5.29. The van der Waals surface area contributed by atoms with Crippen LogP contribution in [0.4, 0.5) is 26.3 Å². The SMILES string of the molecule is COC(=O)c1nc2c(C(F)(F)F)cc(-c3ccoc3)cn2c1C1CC1.O=C(O)c1nc2c(C(F)(F)F)cc(-c3ccoc3)cn2c1C1CC1.[Na+].[OH-]. The van der Waals surface area contributed by atoms with E-state index in [1.807, 2.05) is 0 Å². The summed E-state index contributed by atoms with van der Waals surface area (Å²) in [7, 11) is 1.19. The van der Waals surface area contributed by atoms with Gasteiger partial charge in [-0.05, 0) is 49.9 Å². The van der Waals surface area contributed by atoms with Crippen molar-refractivity contribution in [3.8, 4) is 22.3 Å². The van der Waals surface area contributed by atoms with Gasteiger partial charge in [0.2, 0.25) is 0 Å². The van der Waals surface area contributed by atoms with E-state index in [0.717, 1.165) is 37.8 Å². The molecule has 0 radical (unpaired) electrons. The number of hydrogen-bond donors (Lipinski definition) is 1. The molecular weight excluding hydrogens is 701 g/mol. The summed E-state index contributed by atoms with van der Waals surface area (Å²) in [5.74, 6) is -2.13. The van der Waals surface area contributed by atoms with Crippen molar-refractivity contribution in [2.24, 2.45) is 0 Å². The number of hydrogen-bond acceptors (Lipinski definition) is 8. The molecule has 6 heterocycles. The molecule has 6 aromatic heterocycles. The summed E-state index contributed by atoms with van der Waals surface area (Å²) < 4.78 is 98.4. The summed E-state index contributed by atoms with van der Waals surface area (Å²) in [6.45, 7) is 0. The Bertz CT molecular complexity index is 2220. The van der Waals surface area contributed by atoms with E-state index in [2.05, 4.69) is 9.97 Å². The zero-order chi connectivity index (χ0) is 34.8. The van der Waals surface area contributed by atoms with Gasteiger partial charge in [0.25, 0.3) is 0 Å². The third kappa shape index (κ3) is 7.15. The number of nitrogens with zero attached hydrogens (tertiary/aromatic N) is 4. The Labute approximate surface area is 305 Å². The van der Waals surface area contributed by atoms with Crippen LogP contribution >= 0.6 is 0 Å². The van der Waals surface area contributed by atoms with Crippen LogP contribution in [0.15, 0.2) is 70.5 Å². The Morgan fingerprint density at radius 1 is 0.765 bits per heavy atom. The van der Waals surface area contributed by atoms with Crippen LogP contribution in [-0.2, 0) is 17.1 Å². The number of carboxylic acid groups (broad SMARTS) is 1. The molecule has 2 fully saturated rings. The number of carbonyl (C=O) groups excluding carboxylic acids is 1. The molecule has 0 atom stereocenters. The van der Waals surface area contributed by atoms with E-state index in [0.29, 0.717) is 33.6 Å². The minimum atomic E-state index is -4.65. The predicted molar refractivity (Wildman–Crippen MR) is 160 cm³/mol. The summed E-state index contributed by atoms with van der Waals surface area (Å²) in [6, 6.07) is 5.11. The molecule has 2 aliphatic rings. The second-order valence-corrected chi connectivity index (χ2v) is 11.7. The normalized spacial score (nSPS) is 14.4. The fourth-order valence-electron chi connectivity index (χ4n) is 5.81. The van der Waals surface area contributed by atoms with E-state index >= 15 is 0 Å². The maximum Gasteiger partial charge on any atom is 1.00 e. The van der Waals surface area contributed by atoms with Gasteiger partial charge in [0.05, 0.1) is 54.7 Å². The molecule has 0 amide bonds. The van der Waals surface area contributed by atoms with Gasteiger partial charge in [0.1, 0.15) is 11.3 Å². The minimum Gasteiger partial charge on any atom is -0.870 e. The maximum absolute atomic E-state index is 13.6. The first-order valence-corrected chi connectivity index (χ1v) is 14.9. The average Bonchev–Trinajstić information content (AvgIpc) is 3.80. The number of halogens is 6. The molecule has 2 saturated carbocycles. The third-order valence-electron chi connectivity index (χ3n) is 8.34. The summed E-state index contributed by atoms with van der Waals surface area (Å²) in [4.78, 5) is 31.2. The Hall–Kier alpha value is -4.58. The van der Waals surface area contributed by atoms with Gasteiger partial charge in [-0.15, -0.1) is 0 Å². The van der Waals surface area contributed by atoms with Crippen LogP contribution < -0.4 is 29.6 Å². The molecule has 8 rings (SSSR count). The first kappa shape index (κ1) is 37.7. The number of pyridine rings is 2. The molecule has 262 valence electrons. The number of rotatable bonds is 6. The summed E-state index contributed by atoms with van der Waals surface area (Å²) in [6.07, 6.45) is 2.34. The van der Waals surface area contributed by atoms with E-state index in [1.165, 1.54) is 47.2 Å². The molecule has 0 spiro atoms. The van der Waals surface area contributed by atoms with Crippen LogP contribution in [0.1, 0.15) is 81.0 Å². The molecule has 0 aromatic carbocycles. The first-order valence-electron chi connectivity index (χ1n) is 14.9. The van der Waals surface area contributed by atoms with Gasteiger partial charge < -0.3 is 33.0 Å². The molecule has 0 unspecified atom stereocenters. The van der Waals surface area contributed by atoms with Gasteiger partial charge >= 0.3 is 53.8 Å². The Balaban J connectivity index is 0.000000190. The number of ether oxygens (including phenoxy) is 1. The standard InChI is InChI=1S/C17H13F3N2O3.C16H11F3N2O3.Na.H2O/c1-24-16(23)13-14(9-2-3-9)22-7-11(10-4-5-25-8-10)6-12(15(22)21-13)17(18,19)20;17-16(18,19)11-5-10(9-3-4-24-7-9)6-21-13(8-1-2-8)12(15(22)23)20-14(11)21;;/h4-9H,2-3H2,1H3;3-8H,1-2H2,(H,22,23);;1H2/q;;+1;/p-1. The number of carbonyl (C=O) groups is 2. The van der Waals surface area contributed by atoms with Gasteiger partial charge in [-0.3, -0.25) is 0 Å². The maximum atomic E-state index is 13.6. The van der Waals surface area contributed by atoms with Crippen molar-refractivity contribution in [2.75, 3.05) is 7.11 Å². The van der Waals surface area contributed by atoms with E-state index < -0.39 is 35.4 Å². The van der Waals surface area contributed by atoms with Crippen LogP contribution in [0, 0.1) is 0 Å². The van der Waals surface area contributed by atoms with Crippen molar-refractivity contribution in [1.82, 2.24) is 18.8 Å². The van der Waals surface area contributed by atoms with Crippen LogP contribution in [-0.4, -0.2) is 48.4 Å². The molecule has 11 nitrogen and oxygen atoms in total. The second kappa shape index (κ2) is 13.9. The van der Waals surface area contributed by atoms with Crippen LogP contribution in [0.3, 0.4) is 0 Å². The van der Waals surface area contributed by atoms with Crippen molar-refractivity contribution >= 4 is 23.2 Å². The number of furan rings is 2. The van der Waals surface area contributed by atoms with Crippen molar-refractivity contribution in [3.05, 3.63) is 95.6 Å². The molecule has 51 heavy (non-hydrogen) atoms. The smallest absolute Gasteiger partial charge is 0.870 e. The van der Waals surface area contributed by atoms with Crippen molar-refractivity contribution in [2.45, 2.75) is 49.9 Å². The number of fused-ring (bicyclic) bond motifs is 2. The molecule has 0 bridgehead atoms. The number of aromatic carboxylic acids is 1. The van der Waals surface area contributed by atoms with Crippen molar-refractivity contribution < 1.29 is 89.6 Å². The topological polar surface area (TPSA) is 154 Å². The van der Waals surface area contributed by atoms with Gasteiger partial charge in [0, 0.05) is 46.5 Å². The largest absolute Gasteiger partial charge is 1.00 e. The Kier molecular flexibility index (Phi) is 10.2. The number of carboxylic acids is 1. The van der Waals surface area contributed by atoms with Gasteiger partial charge in [-0.2, -0.15) is 26.3 Å². The fourth-order valence-corrected chi connectivity index (χ4v) is 5.81. The number of esters is 1. The van der Waals surface area contributed by atoms with Crippen molar-refractivity contribution in [3.63, 3.8) is 0 Å². The molecule has 0 saturated heterocycles. The van der Waals surface area contributed by atoms with Gasteiger partial charge in [0.15, 0.2) is 11.4 Å². The fraction of sp³-hybridized carbons (Fsp3) is 0.273. The molecule has 6 aromatic rings.